The summed E-state index contributed by atoms with van der Waals surface area (Å²) in [6.07, 6.45) is 1.67. The van der Waals surface area contributed by atoms with Gasteiger partial charge in [-0.3, -0.25) is 14.5 Å². The third kappa shape index (κ3) is 2.44. The number of fused-ring (bicyclic) bond motifs is 1. The van der Waals surface area contributed by atoms with Gasteiger partial charge in [0, 0.05) is 16.0 Å². The topological polar surface area (TPSA) is 77.5 Å². The molecule has 2 heterocycles. The van der Waals surface area contributed by atoms with Gasteiger partial charge in [-0.25, -0.2) is 0 Å². The molecule has 0 N–H and O–H groups in total. The highest BCUT2D eigenvalue weighted by atomic mass is 32.1. The third-order valence-corrected chi connectivity index (χ3v) is 4.10. The molecule has 1 aromatic carbocycles. The van der Waals surface area contributed by atoms with Crippen LogP contribution in [0, 0.1) is 0 Å². The SMILES string of the molecule is O=C([O-])CN1C(=O)C(=Cc2cccs2)c2ccccc2C1=O. The Morgan fingerprint density at radius 1 is 1.09 bits per heavy atom. The van der Waals surface area contributed by atoms with Gasteiger partial charge in [-0.1, -0.05) is 24.3 Å². The largest absolute Gasteiger partial charge is 0.548 e. The number of carbonyl (C=O) groups excluding carboxylic acids is 3. The second-order valence-electron chi connectivity index (χ2n) is 4.69. The van der Waals surface area contributed by atoms with Crippen LogP contribution in [0.5, 0.6) is 0 Å². The van der Waals surface area contributed by atoms with Gasteiger partial charge in [0.05, 0.1) is 12.5 Å². The number of carboxylic acid groups (broad SMARTS) is 1. The van der Waals surface area contributed by atoms with Crippen LogP contribution >= 0.6 is 11.3 Å². The number of amides is 2. The van der Waals surface area contributed by atoms with Crippen molar-refractivity contribution in [3.05, 3.63) is 57.8 Å². The van der Waals surface area contributed by atoms with Crippen LogP contribution in [0.4, 0.5) is 0 Å². The van der Waals surface area contributed by atoms with E-state index in [9.17, 15) is 19.5 Å². The molecule has 3 rings (SSSR count). The molecule has 0 saturated carbocycles. The number of nitrogens with zero attached hydrogens (tertiary/aromatic N) is 1. The normalized spacial score (nSPS) is 16.0. The van der Waals surface area contributed by atoms with E-state index in [4.69, 9.17) is 0 Å². The van der Waals surface area contributed by atoms with Gasteiger partial charge in [0.1, 0.15) is 0 Å². The quantitative estimate of drug-likeness (QED) is 0.626. The highest BCUT2D eigenvalue weighted by Gasteiger charge is 2.34. The summed E-state index contributed by atoms with van der Waals surface area (Å²) in [6, 6.07) is 10.4. The van der Waals surface area contributed by atoms with E-state index in [1.807, 2.05) is 17.5 Å². The van der Waals surface area contributed by atoms with Gasteiger partial charge in [0.25, 0.3) is 11.8 Å². The Hall–Kier alpha value is -2.73. The molecule has 5 nitrogen and oxygen atoms in total. The van der Waals surface area contributed by atoms with Crippen LogP contribution in [0.3, 0.4) is 0 Å². The van der Waals surface area contributed by atoms with E-state index >= 15 is 0 Å². The van der Waals surface area contributed by atoms with Gasteiger partial charge in [-0.15, -0.1) is 11.3 Å². The van der Waals surface area contributed by atoms with E-state index in [1.165, 1.54) is 11.3 Å². The van der Waals surface area contributed by atoms with Crippen LogP contribution in [0.15, 0.2) is 41.8 Å². The monoisotopic (exact) mass is 312 g/mol. The number of aliphatic carboxylic acids is 1. The molecule has 1 aliphatic heterocycles. The smallest absolute Gasteiger partial charge is 0.261 e. The highest BCUT2D eigenvalue weighted by molar-refractivity contribution is 7.11. The maximum absolute atomic E-state index is 12.5. The zero-order valence-corrected chi connectivity index (χ0v) is 12.1. The summed E-state index contributed by atoms with van der Waals surface area (Å²) in [5.41, 5.74) is 1.13. The summed E-state index contributed by atoms with van der Waals surface area (Å²) in [5.74, 6) is -2.72. The molecule has 1 aromatic heterocycles. The highest BCUT2D eigenvalue weighted by Crippen LogP contribution is 2.30. The van der Waals surface area contributed by atoms with Crippen LogP contribution in [0.25, 0.3) is 11.6 Å². The second kappa shape index (κ2) is 5.57. The summed E-state index contributed by atoms with van der Waals surface area (Å²) in [6.45, 7) is -0.756. The van der Waals surface area contributed by atoms with Crippen molar-refractivity contribution in [2.24, 2.45) is 0 Å². The molecule has 0 aliphatic carbocycles. The fourth-order valence-electron chi connectivity index (χ4n) is 2.33. The molecule has 110 valence electrons. The Balaban J connectivity index is 2.15. The molecule has 2 aromatic rings. The predicted molar refractivity (Wildman–Crippen MR) is 79.7 cm³/mol. The predicted octanol–water partition coefficient (Wildman–Crippen LogP) is 1.02. The minimum atomic E-state index is -1.48. The lowest BCUT2D eigenvalue weighted by Gasteiger charge is -2.28. The lowest BCUT2D eigenvalue weighted by Crippen LogP contribution is -2.47. The molecule has 0 radical (unpaired) electrons. The molecule has 0 unspecified atom stereocenters. The van der Waals surface area contributed by atoms with Gasteiger partial charge in [0.2, 0.25) is 0 Å². The van der Waals surface area contributed by atoms with E-state index in [1.54, 1.807) is 30.3 Å². The zero-order valence-electron chi connectivity index (χ0n) is 11.3. The second-order valence-corrected chi connectivity index (χ2v) is 5.67. The fourth-order valence-corrected chi connectivity index (χ4v) is 2.99. The molecule has 0 spiro atoms. The molecule has 2 amide bonds. The molecule has 22 heavy (non-hydrogen) atoms. The Labute approximate surface area is 130 Å². The summed E-state index contributed by atoms with van der Waals surface area (Å²) >= 11 is 1.45. The maximum Gasteiger partial charge on any atom is 0.261 e. The van der Waals surface area contributed by atoms with Crippen molar-refractivity contribution in [2.75, 3.05) is 6.54 Å². The van der Waals surface area contributed by atoms with E-state index in [0.717, 1.165) is 4.88 Å². The van der Waals surface area contributed by atoms with Gasteiger partial charge in [-0.05, 0) is 29.2 Å². The number of hydrogen-bond acceptors (Lipinski definition) is 5. The maximum atomic E-state index is 12.5. The van der Waals surface area contributed by atoms with Crippen molar-refractivity contribution in [1.29, 1.82) is 0 Å². The number of benzene rings is 1. The molecule has 6 heteroatoms. The summed E-state index contributed by atoms with van der Waals surface area (Å²) in [4.78, 5) is 37.2. The van der Waals surface area contributed by atoms with Gasteiger partial charge >= 0.3 is 0 Å². The van der Waals surface area contributed by atoms with E-state index in [2.05, 4.69) is 0 Å². The van der Waals surface area contributed by atoms with Gasteiger partial charge in [0.15, 0.2) is 0 Å². The number of carbonyl (C=O) groups is 3. The molecule has 0 fully saturated rings. The average Bonchev–Trinajstić information content (AvgIpc) is 3.01. The number of rotatable bonds is 3. The first kappa shape index (κ1) is 14.2. The van der Waals surface area contributed by atoms with Crippen molar-refractivity contribution < 1.29 is 19.5 Å². The Morgan fingerprint density at radius 2 is 1.82 bits per heavy atom. The number of carboxylic acids is 1. The van der Waals surface area contributed by atoms with Crippen molar-refractivity contribution in [3.8, 4) is 0 Å². The summed E-state index contributed by atoms with van der Waals surface area (Å²) in [5, 5.41) is 12.7. The summed E-state index contributed by atoms with van der Waals surface area (Å²) < 4.78 is 0. The van der Waals surface area contributed by atoms with E-state index in [0.29, 0.717) is 21.6 Å². The Morgan fingerprint density at radius 3 is 2.45 bits per heavy atom. The molecule has 1 aliphatic rings. The molecule has 0 saturated heterocycles. The van der Waals surface area contributed by atoms with Crippen LogP contribution < -0.4 is 5.11 Å². The lowest BCUT2D eigenvalue weighted by molar-refractivity contribution is -0.305. The van der Waals surface area contributed by atoms with Crippen molar-refractivity contribution in [3.63, 3.8) is 0 Å². The Bertz CT molecular complexity index is 792. The van der Waals surface area contributed by atoms with Gasteiger partial charge in [-0.2, -0.15) is 0 Å². The molecular formula is C16H10NO4S-. The number of thiophene rings is 1. The van der Waals surface area contributed by atoms with Crippen molar-refractivity contribution >= 4 is 40.8 Å². The van der Waals surface area contributed by atoms with E-state index in [-0.39, 0.29) is 0 Å². The van der Waals surface area contributed by atoms with Crippen molar-refractivity contribution in [2.45, 2.75) is 0 Å². The number of hydrogen-bond donors (Lipinski definition) is 0. The lowest BCUT2D eigenvalue weighted by atomic mass is 9.93. The first-order valence-electron chi connectivity index (χ1n) is 6.48. The van der Waals surface area contributed by atoms with Crippen LogP contribution in [-0.4, -0.2) is 29.2 Å². The van der Waals surface area contributed by atoms with E-state index < -0.39 is 24.3 Å². The van der Waals surface area contributed by atoms with Crippen LogP contribution in [0.2, 0.25) is 0 Å². The third-order valence-electron chi connectivity index (χ3n) is 3.29. The van der Waals surface area contributed by atoms with Gasteiger partial charge < -0.3 is 9.90 Å². The number of imide groups is 1. The molecule has 0 atom stereocenters. The minimum Gasteiger partial charge on any atom is -0.548 e. The fraction of sp³-hybridized carbons (Fsp3) is 0.0625. The zero-order chi connectivity index (χ0) is 15.7. The average molecular weight is 312 g/mol. The summed E-state index contributed by atoms with van der Waals surface area (Å²) in [7, 11) is 0. The van der Waals surface area contributed by atoms with Crippen molar-refractivity contribution in [1.82, 2.24) is 4.90 Å². The standard InChI is InChI=1S/C16H11NO4S/c18-14(19)9-17-15(20)12-6-2-1-5-11(12)13(16(17)21)8-10-4-3-7-22-10/h1-8H,9H2,(H,18,19)/p-1. The minimum absolute atomic E-state index is 0.305. The Kier molecular flexibility index (Phi) is 3.60. The first-order chi connectivity index (χ1) is 10.6. The molecular weight excluding hydrogens is 302 g/mol. The molecule has 0 bridgehead atoms. The first-order valence-corrected chi connectivity index (χ1v) is 7.36. The van der Waals surface area contributed by atoms with Crippen LogP contribution in [0.1, 0.15) is 20.8 Å². The van der Waals surface area contributed by atoms with Crippen LogP contribution in [-0.2, 0) is 9.59 Å².